The third kappa shape index (κ3) is 8.93. The molecule has 0 atom stereocenters. The molecule has 2 amide bonds. The molecule has 1 aromatic carbocycles. The van der Waals surface area contributed by atoms with E-state index in [2.05, 4.69) is 41.0 Å². The Hall–Kier alpha value is -3.52. The zero-order chi connectivity index (χ0) is 36.1. The van der Waals surface area contributed by atoms with E-state index in [0.29, 0.717) is 17.3 Å². The molecule has 0 radical (unpaired) electrons. The van der Waals surface area contributed by atoms with Crippen molar-refractivity contribution >= 4 is 29.8 Å². The van der Waals surface area contributed by atoms with Gasteiger partial charge in [-0.15, -0.1) is 0 Å². The van der Waals surface area contributed by atoms with Crippen molar-refractivity contribution in [2.24, 2.45) is 5.41 Å². The fourth-order valence-corrected chi connectivity index (χ4v) is 8.82. The number of benzene rings is 1. The summed E-state index contributed by atoms with van der Waals surface area (Å²) in [6, 6.07) is 3.98. The normalized spacial score (nSPS) is 20.3. The van der Waals surface area contributed by atoms with Crippen molar-refractivity contribution in [2.75, 3.05) is 76.9 Å². The second kappa shape index (κ2) is 16.4. The third-order valence-electron chi connectivity index (χ3n) is 10.5. The fourth-order valence-electron chi connectivity index (χ4n) is 7.80. The zero-order valence-corrected chi connectivity index (χ0v) is 31.4. The summed E-state index contributed by atoms with van der Waals surface area (Å²) in [5, 5.41) is 0. The Labute approximate surface area is 306 Å². The molecule has 11 nitrogen and oxygen atoms in total. The first-order chi connectivity index (χ1) is 24.5. The van der Waals surface area contributed by atoms with Crippen LogP contribution in [0.15, 0.2) is 55.0 Å². The molecule has 5 heterocycles. The molecule has 1 aromatic heterocycles. The van der Waals surface area contributed by atoms with Gasteiger partial charge in [-0.2, -0.15) is 0 Å². The molecular formula is C38H53FN8O3S. The van der Waals surface area contributed by atoms with Crippen molar-refractivity contribution in [3.05, 3.63) is 66.4 Å². The van der Waals surface area contributed by atoms with E-state index in [1.165, 1.54) is 36.2 Å². The Morgan fingerprint density at radius 2 is 1.78 bits per heavy atom. The fraction of sp³-hybridized carbons (Fsp3) is 0.579. The van der Waals surface area contributed by atoms with E-state index in [9.17, 15) is 14.0 Å². The summed E-state index contributed by atoms with van der Waals surface area (Å²) in [6.45, 7) is 21.8. The summed E-state index contributed by atoms with van der Waals surface area (Å²) >= 11 is 1.83. The number of piperidine rings is 1. The van der Waals surface area contributed by atoms with Crippen LogP contribution in [0.1, 0.15) is 63.7 Å². The maximum atomic E-state index is 14.4. The van der Waals surface area contributed by atoms with Crippen LogP contribution in [-0.4, -0.2) is 129 Å². The lowest BCUT2D eigenvalue weighted by Crippen LogP contribution is -2.60. The van der Waals surface area contributed by atoms with Crippen molar-refractivity contribution in [2.45, 2.75) is 65.5 Å². The predicted octanol–water partition coefficient (Wildman–Crippen LogP) is 5.48. The zero-order valence-electron chi connectivity index (χ0n) is 30.6. The number of rotatable bonds is 11. The summed E-state index contributed by atoms with van der Waals surface area (Å²) in [6.07, 6.45) is 11.3. The van der Waals surface area contributed by atoms with Crippen LogP contribution in [0, 0.1) is 11.2 Å². The number of aromatic nitrogens is 2. The maximum Gasteiger partial charge on any atom is 0.258 e. The van der Waals surface area contributed by atoms with Crippen LogP contribution in [0.2, 0.25) is 0 Å². The Kier molecular flexibility index (Phi) is 12.0. The van der Waals surface area contributed by atoms with Crippen molar-refractivity contribution in [1.29, 1.82) is 0 Å². The van der Waals surface area contributed by atoms with E-state index >= 15 is 0 Å². The van der Waals surface area contributed by atoms with Gasteiger partial charge in [-0.1, -0.05) is 18.2 Å². The van der Waals surface area contributed by atoms with Crippen LogP contribution in [0.4, 0.5) is 10.2 Å². The first kappa shape index (κ1) is 37.2. The highest BCUT2D eigenvalue weighted by Gasteiger charge is 2.46. The molecule has 4 aliphatic rings. The summed E-state index contributed by atoms with van der Waals surface area (Å²) < 4.78 is 25.6. The molecular weight excluding hydrogens is 668 g/mol. The highest BCUT2D eigenvalue weighted by Crippen LogP contribution is 2.45. The van der Waals surface area contributed by atoms with Gasteiger partial charge in [0.15, 0.2) is 11.6 Å². The van der Waals surface area contributed by atoms with E-state index in [1.54, 1.807) is 11.1 Å². The van der Waals surface area contributed by atoms with Crippen LogP contribution in [-0.2, 0) is 4.79 Å². The summed E-state index contributed by atoms with van der Waals surface area (Å²) in [4.78, 5) is 42.9. The maximum absolute atomic E-state index is 14.4. The lowest BCUT2D eigenvalue weighted by molar-refractivity contribution is -0.125. The highest BCUT2D eigenvalue weighted by molar-refractivity contribution is 7.94. The van der Waals surface area contributed by atoms with Gasteiger partial charge in [-0.05, 0) is 90.7 Å². The summed E-state index contributed by atoms with van der Waals surface area (Å²) in [7, 11) is 0. The average molecular weight is 721 g/mol. The Bertz CT molecular complexity index is 1580. The molecule has 276 valence electrons. The lowest BCUT2D eigenvalue weighted by Gasteiger charge is -2.54. The number of hydrogen-bond acceptors (Lipinski definition) is 10. The first-order valence-electron chi connectivity index (χ1n) is 18.4. The molecule has 0 unspecified atom stereocenters. The molecule has 1 spiro atoms. The number of carbonyl (C=O) groups excluding carboxylic acids is 2. The quantitative estimate of drug-likeness (QED) is 0.169. The molecule has 3 saturated heterocycles. The molecule has 3 fully saturated rings. The topological polar surface area (TPSA) is 88.6 Å². The van der Waals surface area contributed by atoms with Crippen LogP contribution >= 0.6 is 12.1 Å². The number of hydrogen-bond donors (Lipinski definition) is 0. The second-order valence-electron chi connectivity index (χ2n) is 14.9. The molecule has 6 rings (SSSR count). The van der Waals surface area contributed by atoms with Gasteiger partial charge in [0.05, 0.1) is 11.8 Å². The summed E-state index contributed by atoms with van der Waals surface area (Å²) in [5.74, 6) is 0.724. The van der Waals surface area contributed by atoms with E-state index in [4.69, 9.17) is 4.74 Å². The van der Waals surface area contributed by atoms with Crippen LogP contribution < -0.4 is 9.64 Å². The summed E-state index contributed by atoms with van der Waals surface area (Å²) in [5.41, 5.74) is 1.97. The Balaban J connectivity index is 0.992. The van der Waals surface area contributed by atoms with Crippen molar-refractivity contribution in [1.82, 2.24) is 33.3 Å². The number of ether oxygens (including phenoxy) is 1. The minimum atomic E-state index is -0.486. The van der Waals surface area contributed by atoms with Gasteiger partial charge in [-0.3, -0.25) is 14.5 Å². The first-order valence-corrected chi connectivity index (χ1v) is 19.1. The van der Waals surface area contributed by atoms with Gasteiger partial charge in [0.1, 0.15) is 17.9 Å². The largest absolute Gasteiger partial charge is 0.451 e. The van der Waals surface area contributed by atoms with Crippen molar-refractivity contribution in [3.8, 4) is 11.5 Å². The van der Waals surface area contributed by atoms with E-state index in [-0.39, 0.29) is 34.9 Å². The van der Waals surface area contributed by atoms with E-state index in [1.807, 2.05) is 44.7 Å². The lowest BCUT2D eigenvalue weighted by atomic mass is 9.72. The molecule has 0 aliphatic carbocycles. The Morgan fingerprint density at radius 3 is 2.47 bits per heavy atom. The number of nitrogens with zero attached hydrogens (tertiary/aromatic N) is 8. The van der Waals surface area contributed by atoms with E-state index in [0.717, 1.165) is 97.7 Å². The number of halogens is 1. The van der Waals surface area contributed by atoms with Crippen molar-refractivity contribution < 1.29 is 18.7 Å². The standard InChI is InChI=1S/C38H53FN8O3S/c1-6-35(48)43-14-7-15-45(21-20-43)51-46-16-10-30(11-17-46)24-42-18-12-38(13-19-42)25-44(26-38)36-34(23-40-27-41-36)50-33-9-8-31(39)22-32(33)37(49)47(28(2)3)29(4)5/h6,8-10,22-23,27-29H,1,7,11-21,24-26H2,2-5H3. The monoisotopic (exact) mass is 720 g/mol. The van der Waals surface area contributed by atoms with E-state index < -0.39 is 5.82 Å². The number of anilines is 1. The molecule has 4 aliphatic heterocycles. The number of amides is 2. The molecule has 2 aromatic rings. The highest BCUT2D eigenvalue weighted by atomic mass is 32.2. The number of likely N-dealkylation sites (tertiary alicyclic amines) is 1. The van der Waals surface area contributed by atoms with Crippen LogP contribution in [0.25, 0.3) is 0 Å². The SMILES string of the molecule is C=CC(=O)N1CCCN(SN2CC=C(CN3CCC4(CC3)CN(c3ncncc3Oc3ccc(F)cc3C(=O)N(C(C)C)C(C)C)C4)CC2)CC1. The minimum absolute atomic E-state index is 0.0304. The van der Waals surface area contributed by atoms with Crippen LogP contribution in [0.3, 0.4) is 0 Å². The van der Waals surface area contributed by atoms with Gasteiger partial charge in [0, 0.05) is 88.5 Å². The van der Waals surface area contributed by atoms with Gasteiger partial charge < -0.3 is 19.4 Å². The van der Waals surface area contributed by atoms with Gasteiger partial charge >= 0.3 is 0 Å². The molecule has 0 saturated carbocycles. The molecule has 13 heteroatoms. The van der Waals surface area contributed by atoms with Crippen molar-refractivity contribution in [3.63, 3.8) is 0 Å². The second-order valence-corrected chi connectivity index (χ2v) is 16.1. The molecule has 0 bridgehead atoms. The predicted molar refractivity (Wildman–Crippen MR) is 200 cm³/mol. The molecule has 51 heavy (non-hydrogen) atoms. The number of carbonyl (C=O) groups is 2. The average Bonchev–Trinajstić information content (AvgIpc) is 3.34. The third-order valence-corrected chi connectivity index (χ3v) is 11.7. The van der Waals surface area contributed by atoms with Crippen LogP contribution in [0.5, 0.6) is 11.5 Å². The Morgan fingerprint density at radius 1 is 1.02 bits per heavy atom. The van der Waals surface area contributed by atoms with Gasteiger partial charge in [0.25, 0.3) is 5.91 Å². The van der Waals surface area contributed by atoms with Gasteiger partial charge in [-0.25, -0.2) is 23.0 Å². The smallest absolute Gasteiger partial charge is 0.258 e. The minimum Gasteiger partial charge on any atom is -0.451 e. The molecule has 0 N–H and O–H groups in total. The van der Waals surface area contributed by atoms with Gasteiger partial charge in [0.2, 0.25) is 5.91 Å².